The molecule has 4 heterocycles. The Morgan fingerprint density at radius 2 is 1.40 bits per heavy atom. The molecule has 0 unspecified atom stereocenters. The minimum absolute atomic E-state index is 0.0532. The van der Waals surface area contributed by atoms with Crippen LogP contribution < -0.4 is 16.0 Å². The third-order valence-electron chi connectivity index (χ3n) is 11.7. The van der Waals surface area contributed by atoms with Crippen LogP contribution in [0, 0.1) is 17.6 Å². The van der Waals surface area contributed by atoms with Gasteiger partial charge in [0.1, 0.15) is 54.5 Å². The van der Waals surface area contributed by atoms with E-state index in [4.69, 9.17) is 4.74 Å². The van der Waals surface area contributed by atoms with Crippen molar-refractivity contribution in [1.82, 2.24) is 30.7 Å². The number of rotatable bonds is 8. The molecule has 4 saturated heterocycles. The van der Waals surface area contributed by atoms with Crippen molar-refractivity contribution in [3.63, 3.8) is 0 Å². The molecule has 6 atom stereocenters. The number of hydrogen-bond donors (Lipinski definition) is 4. The SMILES string of the molecule is O=C(/C=C/C1CCCCC1)N[C@@H](Cc1cc(F)cc(F)c1)C(=O)N[C@H]1COC(=O)[C@@H]2CCCN2C(=O)[C@@H](CO)NC(=O)[C@@H]2CCCCN2C(=O)[C@@H]2CCCN2C1=O. The lowest BCUT2D eigenvalue weighted by Crippen LogP contribution is -2.62. The quantitative estimate of drug-likeness (QED) is 0.220. The van der Waals surface area contributed by atoms with Crippen LogP contribution in [0.2, 0.25) is 0 Å². The molecule has 4 N–H and O–H groups in total. The lowest BCUT2D eigenvalue weighted by Gasteiger charge is -2.39. The molecule has 0 bridgehead atoms. The smallest absolute Gasteiger partial charge is 0.328 e. The van der Waals surface area contributed by atoms with Gasteiger partial charge >= 0.3 is 5.97 Å². The lowest BCUT2D eigenvalue weighted by atomic mass is 9.89. The number of fused-ring (bicyclic) bond motifs is 3. The van der Waals surface area contributed by atoms with Crippen LogP contribution in [0.4, 0.5) is 8.78 Å². The standard InChI is InChI=1S/C40H52F2N6O9/c41-26-18-25(19-27(42)21-26)20-28(43-34(50)14-13-24-8-2-1-3-9-24)35(51)45-30-23-57-40(56)33-12-7-17-48(33)37(53)29(22-49)44-36(52)31-10-4-5-15-46(31)39(55)32-11-6-16-47(32)38(30)54/h13-14,18-19,21,24,28-33,49H,1-12,15-17,20,22-23H2,(H,43,50)(H,44,52)(H,45,51)/b14-13+/t28-,29+,30-,31-,32-,33-/m0/s1. The van der Waals surface area contributed by atoms with Crippen LogP contribution in [0.25, 0.3) is 0 Å². The monoisotopic (exact) mass is 798 g/mol. The molecular formula is C40H52F2N6O9. The number of carbonyl (C=O) groups excluding carboxylic acids is 7. The molecule has 5 fully saturated rings. The van der Waals surface area contributed by atoms with Gasteiger partial charge in [0, 0.05) is 32.1 Å². The van der Waals surface area contributed by atoms with Gasteiger partial charge in [-0.2, -0.15) is 0 Å². The van der Waals surface area contributed by atoms with Gasteiger partial charge in [0.05, 0.1) is 6.61 Å². The Kier molecular flexibility index (Phi) is 13.9. The molecule has 1 saturated carbocycles. The second-order valence-corrected chi connectivity index (χ2v) is 15.7. The Hall–Kier alpha value is -4.93. The molecule has 0 spiro atoms. The van der Waals surface area contributed by atoms with Crippen LogP contribution in [-0.2, 0) is 44.7 Å². The molecule has 15 nitrogen and oxygen atoms in total. The fourth-order valence-electron chi connectivity index (χ4n) is 8.73. The molecular weight excluding hydrogens is 746 g/mol. The Morgan fingerprint density at radius 1 is 0.789 bits per heavy atom. The number of amides is 6. The van der Waals surface area contributed by atoms with Gasteiger partial charge in [0.15, 0.2) is 0 Å². The van der Waals surface area contributed by atoms with E-state index in [9.17, 15) is 47.4 Å². The summed E-state index contributed by atoms with van der Waals surface area (Å²) in [7, 11) is 0. The van der Waals surface area contributed by atoms with Gasteiger partial charge in [-0.1, -0.05) is 25.3 Å². The fourth-order valence-corrected chi connectivity index (χ4v) is 8.73. The van der Waals surface area contributed by atoms with Crippen molar-refractivity contribution in [2.24, 2.45) is 5.92 Å². The van der Waals surface area contributed by atoms with Gasteiger partial charge in [-0.15, -0.1) is 0 Å². The Balaban J connectivity index is 1.29. The van der Waals surface area contributed by atoms with Crippen LogP contribution in [-0.4, -0.2) is 130 Å². The molecule has 6 rings (SSSR count). The molecule has 17 heteroatoms. The van der Waals surface area contributed by atoms with E-state index in [0.29, 0.717) is 38.2 Å². The highest BCUT2D eigenvalue weighted by Gasteiger charge is 2.45. The zero-order valence-corrected chi connectivity index (χ0v) is 32.0. The van der Waals surface area contributed by atoms with Crippen molar-refractivity contribution in [2.75, 3.05) is 32.8 Å². The Bertz CT molecular complexity index is 1720. The van der Waals surface area contributed by atoms with Gasteiger partial charge in [0.25, 0.3) is 0 Å². The number of cyclic esters (lactones) is 1. The summed E-state index contributed by atoms with van der Waals surface area (Å²) in [6.07, 6.45) is 10.5. The summed E-state index contributed by atoms with van der Waals surface area (Å²) in [5.74, 6) is -6.63. The predicted molar refractivity (Wildman–Crippen MR) is 198 cm³/mol. The van der Waals surface area contributed by atoms with Gasteiger partial charge in [-0.25, -0.2) is 13.6 Å². The molecule has 5 aliphatic rings. The van der Waals surface area contributed by atoms with E-state index in [1.807, 2.05) is 0 Å². The largest absolute Gasteiger partial charge is 0.461 e. The van der Waals surface area contributed by atoms with E-state index in [-0.39, 0.29) is 50.4 Å². The summed E-state index contributed by atoms with van der Waals surface area (Å²) in [5, 5.41) is 18.0. The second-order valence-electron chi connectivity index (χ2n) is 15.7. The number of benzene rings is 1. The summed E-state index contributed by atoms with van der Waals surface area (Å²) >= 11 is 0. The van der Waals surface area contributed by atoms with Crippen molar-refractivity contribution in [3.8, 4) is 0 Å². The normalized spacial score (nSPS) is 27.4. The number of aliphatic hydroxyl groups excluding tert-OH is 1. The maximum absolute atomic E-state index is 14.4. The highest BCUT2D eigenvalue weighted by molar-refractivity contribution is 5.98. The maximum atomic E-state index is 14.4. The summed E-state index contributed by atoms with van der Waals surface area (Å²) < 4.78 is 34.1. The van der Waals surface area contributed by atoms with Gasteiger partial charge in [-0.3, -0.25) is 28.8 Å². The third kappa shape index (κ3) is 10.1. The Labute approximate surface area is 329 Å². The number of nitrogens with one attached hydrogen (secondary N) is 3. The van der Waals surface area contributed by atoms with Crippen LogP contribution in [0.1, 0.15) is 82.6 Å². The summed E-state index contributed by atoms with van der Waals surface area (Å²) in [6.45, 7) is -0.991. The first-order chi connectivity index (χ1) is 27.4. The first-order valence-electron chi connectivity index (χ1n) is 20.2. The maximum Gasteiger partial charge on any atom is 0.328 e. The van der Waals surface area contributed by atoms with Crippen molar-refractivity contribution in [2.45, 2.75) is 120 Å². The van der Waals surface area contributed by atoms with E-state index in [0.717, 1.165) is 44.2 Å². The van der Waals surface area contributed by atoms with Crippen LogP contribution in [0.3, 0.4) is 0 Å². The van der Waals surface area contributed by atoms with E-state index < -0.39 is 103 Å². The minimum atomic E-state index is -1.58. The average molecular weight is 799 g/mol. The number of halogens is 2. The van der Waals surface area contributed by atoms with Crippen molar-refractivity contribution in [3.05, 3.63) is 47.5 Å². The fraction of sp³-hybridized carbons (Fsp3) is 0.625. The molecule has 6 amide bonds. The molecule has 1 aliphatic carbocycles. The highest BCUT2D eigenvalue weighted by Crippen LogP contribution is 2.27. The van der Waals surface area contributed by atoms with E-state index in [1.54, 1.807) is 6.08 Å². The molecule has 1 aromatic carbocycles. The lowest BCUT2D eigenvalue weighted by molar-refractivity contribution is -0.159. The Morgan fingerprint density at radius 3 is 2.11 bits per heavy atom. The van der Waals surface area contributed by atoms with E-state index in [2.05, 4.69) is 16.0 Å². The number of aliphatic hydroxyl groups is 1. The zero-order valence-electron chi connectivity index (χ0n) is 32.0. The molecule has 0 radical (unpaired) electrons. The molecule has 310 valence electrons. The van der Waals surface area contributed by atoms with Crippen molar-refractivity contribution < 1.29 is 52.2 Å². The summed E-state index contributed by atoms with van der Waals surface area (Å²) in [4.78, 5) is 101. The topological polar surface area (TPSA) is 195 Å². The van der Waals surface area contributed by atoms with E-state index >= 15 is 0 Å². The number of ether oxygens (including phenoxy) is 1. The average Bonchev–Trinajstić information content (AvgIpc) is 3.90. The second kappa shape index (κ2) is 19.0. The van der Waals surface area contributed by atoms with Crippen LogP contribution in [0.15, 0.2) is 30.4 Å². The van der Waals surface area contributed by atoms with E-state index in [1.165, 1.54) is 20.8 Å². The molecule has 57 heavy (non-hydrogen) atoms. The van der Waals surface area contributed by atoms with Gasteiger partial charge < -0.3 is 40.5 Å². The number of esters is 1. The number of allylic oxidation sites excluding steroid dienone is 1. The van der Waals surface area contributed by atoms with Gasteiger partial charge in [0.2, 0.25) is 35.4 Å². The van der Waals surface area contributed by atoms with Crippen molar-refractivity contribution >= 4 is 41.4 Å². The van der Waals surface area contributed by atoms with Crippen LogP contribution in [0.5, 0.6) is 0 Å². The summed E-state index contributed by atoms with van der Waals surface area (Å²) in [6, 6.07) is -4.80. The highest BCUT2D eigenvalue weighted by atomic mass is 19.1. The first kappa shape index (κ1) is 41.7. The number of hydrogen-bond acceptors (Lipinski definition) is 9. The molecule has 1 aromatic rings. The summed E-state index contributed by atoms with van der Waals surface area (Å²) in [5.41, 5.74) is 0.0532. The third-order valence-corrected chi connectivity index (χ3v) is 11.7. The molecule has 4 aliphatic heterocycles. The van der Waals surface area contributed by atoms with Crippen LogP contribution >= 0.6 is 0 Å². The predicted octanol–water partition coefficient (Wildman–Crippen LogP) is 1.01. The zero-order chi connectivity index (χ0) is 40.6. The van der Waals surface area contributed by atoms with Gasteiger partial charge in [-0.05, 0) is 87.5 Å². The first-order valence-corrected chi connectivity index (χ1v) is 20.2. The minimum Gasteiger partial charge on any atom is -0.461 e. The number of piperidine rings is 1. The molecule has 0 aromatic heterocycles. The van der Waals surface area contributed by atoms with Crippen molar-refractivity contribution in [1.29, 1.82) is 0 Å². The number of nitrogens with zero attached hydrogens (tertiary/aromatic N) is 3. The number of carbonyl (C=O) groups is 7.